The molecular weight excluding hydrogens is 224 g/mol. The number of hydrogen-bond acceptors (Lipinski definition) is 3. The van der Waals surface area contributed by atoms with Crippen molar-refractivity contribution < 1.29 is 4.74 Å². The van der Waals surface area contributed by atoms with Crippen LogP contribution in [0.1, 0.15) is 39.0 Å². The van der Waals surface area contributed by atoms with Crippen molar-refractivity contribution in [2.75, 3.05) is 26.2 Å². The molecule has 3 rings (SSSR count). The number of nitrogens with zero attached hydrogens (tertiary/aromatic N) is 1. The van der Waals surface area contributed by atoms with E-state index in [0.717, 1.165) is 30.9 Å². The Morgan fingerprint density at radius 1 is 1.22 bits per heavy atom. The summed E-state index contributed by atoms with van der Waals surface area (Å²) < 4.78 is 5.79. The molecule has 0 aromatic rings. The van der Waals surface area contributed by atoms with Gasteiger partial charge in [-0.1, -0.05) is 0 Å². The van der Waals surface area contributed by atoms with Crippen LogP contribution in [0.25, 0.3) is 0 Å². The Morgan fingerprint density at radius 2 is 2.06 bits per heavy atom. The molecule has 1 heterocycles. The molecule has 0 radical (unpaired) electrons. The van der Waals surface area contributed by atoms with Gasteiger partial charge in [0.15, 0.2) is 0 Å². The van der Waals surface area contributed by atoms with E-state index in [1.165, 1.54) is 45.2 Å². The van der Waals surface area contributed by atoms with E-state index >= 15 is 0 Å². The normalized spacial score (nSPS) is 44.7. The van der Waals surface area contributed by atoms with E-state index in [2.05, 4.69) is 11.8 Å². The Hall–Kier alpha value is -0.120. The smallest absolute Gasteiger partial charge is 0.0702 e. The predicted molar refractivity (Wildman–Crippen MR) is 73.4 cm³/mol. The van der Waals surface area contributed by atoms with Crippen LogP contribution in [0.15, 0.2) is 0 Å². The minimum atomic E-state index is 0.471. The third-order valence-corrected chi connectivity index (χ3v) is 5.49. The third kappa shape index (κ3) is 2.45. The number of ether oxygens (including phenoxy) is 1. The lowest BCUT2D eigenvalue weighted by atomic mass is 9.84. The number of nitrogens with two attached hydrogens (primary N) is 1. The zero-order valence-corrected chi connectivity index (χ0v) is 11.7. The van der Waals surface area contributed by atoms with Gasteiger partial charge in [0.1, 0.15) is 0 Å². The Labute approximate surface area is 111 Å². The fraction of sp³-hybridized carbons (Fsp3) is 1.00. The highest BCUT2D eigenvalue weighted by Gasteiger charge is 2.46. The van der Waals surface area contributed by atoms with Crippen molar-refractivity contribution in [2.24, 2.45) is 23.5 Å². The number of hydrogen-bond donors (Lipinski definition) is 1. The van der Waals surface area contributed by atoms with Gasteiger partial charge in [-0.2, -0.15) is 0 Å². The molecule has 0 amide bonds. The van der Waals surface area contributed by atoms with Gasteiger partial charge in [-0.15, -0.1) is 0 Å². The van der Waals surface area contributed by atoms with Gasteiger partial charge < -0.3 is 15.4 Å². The highest BCUT2D eigenvalue weighted by atomic mass is 16.5. The lowest BCUT2D eigenvalue weighted by Crippen LogP contribution is -2.47. The fourth-order valence-corrected chi connectivity index (χ4v) is 4.57. The maximum atomic E-state index is 6.42. The molecule has 18 heavy (non-hydrogen) atoms. The largest absolute Gasteiger partial charge is 0.377 e. The molecule has 2 saturated carbocycles. The molecule has 1 aliphatic heterocycles. The van der Waals surface area contributed by atoms with Crippen LogP contribution >= 0.6 is 0 Å². The van der Waals surface area contributed by atoms with E-state index in [0.29, 0.717) is 12.1 Å². The van der Waals surface area contributed by atoms with Gasteiger partial charge in [0, 0.05) is 25.7 Å². The van der Waals surface area contributed by atoms with Crippen LogP contribution < -0.4 is 5.73 Å². The van der Waals surface area contributed by atoms with Gasteiger partial charge in [0.25, 0.3) is 0 Å². The quantitative estimate of drug-likeness (QED) is 0.830. The van der Waals surface area contributed by atoms with Crippen molar-refractivity contribution in [1.29, 1.82) is 0 Å². The van der Waals surface area contributed by atoms with Crippen LogP contribution in [0.2, 0.25) is 0 Å². The van der Waals surface area contributed by atoms with Crippen molar-refractivity contribution in [3.05, 3.63) is 0 Å². The summed E-state index contributed by atoms with van der Waals surface area (Å²) in [5.41, 5.74) is 6.42. The molecule has 3 fully saturated rings. The summed E-state index contributed by atoms with van der Waals surface area (Å²) >= 11 is 0. The molecule has 0 aromatic carbocycles. The standard InChI is InChI=1S/C15H28N2O/c1-2-18-13-4-3-7-17(9-13)10-14-11-5-6-12(8-11)15(14)16/h11-15H,2-10,16H2,1H3. The summed E-state index contributed by atoms with van der Waals surface area (Å²) in [4.78, 5) is 2.62. The molecular formula is C15H28N2O. The molecule has 2 bridgehead atoms. The van der Waals surface area contributed by atoms with E-state index in [4.69, 9.17) is 10.5 Å². The van der Waals surface area contributed by atoms with E-state index in [-0.39, 0.29) is 0 Å². The number of rotatable bonds is 4. The summed E-state index contributed by atoms with van der Waals surface area (Å²) in [6.07, 6.45) is 7.25. The molecule has 3 nitrogen and oxygen atoms in total. The topological polar surface area (TPSA) is 38.5 Å². The van der Waals surface area contributed by atoms with Crippen LogP contribution in [0, 0.1) is 17.8 Å². The Bertz CT molecular complexity index is 280. The second-order valence-electron chi connectivity index (χ2n) is 6.55. The first-order valence-corrected chi connectivity index (χ1v) is 7.87. The zero-order valence-electron chi connectivity index (χ0n) is 11.7. The summed E-state index contributed by atoms with van der Waals surface area (Å²) in [6, 6.07) is 0.483. The molecule has 3 aliphatic rings. The van der Waals surface area contributed by atoms with Crippen molar-refractivity contribution in [1.82, 2.24) is 4.90 Å². The molecule has 104 valence electrons. The first-order chi connectivity index (χ1) is 8.78. The Morgan fingerprint density at radius 3 is 2.78 bits per heavy atom. The first-order valence-electron chi connectivity index (χ1n) is 7.87. The summed E-state index contributed by atoms with van der Waals surface area (Å²) in [5.74, 6) is 2.54. The molecule has 2 aliphatic carbocycles. The molecule has 1 saturated heterocycles. The summed E-state index contributed by atoms with van der Waals surface area (Å²) in [5, 5.41) is 0. The van der Waals surface area contributed by atoms with Gasteiger partial charge in [0.05, 0.1) is 6.10 Å². The Kier molecular flexibility index (Phi) is 3.92. The van der Waals surface area contributed by atoms with Crippen LogP contribution in [0.5, 0.6) is 0 Å². The van der Waals surface area contributed by atoms with Gasteiger partial charge in [-0.3, -0.25) is 0 Å². The number of piperidine rings is 1. The molecule has 0 spiro atoms. The van der Waals surface area contributed by atoms with Gasteiger partial charge >= 0.3 is 0 Å². The molecule has 3 heteroatoms. The monoisotopic (exact) mass is 252 g/mol. The number of likely N-dealkylation sites (tertiary alicyclic amines) is 1. The average molecular weight is 252 g/mol. The van der Waals surface area contributed by atoms with E-state index in [1.54, 1.807) is 0 Å². The summed E-state index contributed by atoms with van der Waals surface area (Å²) in [6.45, 7) is 6.57. The zero-order chi connectivity index (χ0) is 12.5. The predicted octanol–water partition coefficient (Wildman–Crippen LogP) is 1.86. The van der Waals surface area contributed by atoms with E-state index in [9.17, 15) is 0 Å². The minimum absolute atomic E-state index is 0.471. The van der Waals surface area contributed by atoms with Gasteiger partial charge in [0.2, 0.25) is 0 Å². The first kappa shape index (κ1) is 12.9. The minimum Gasteiger partial charge on any atom is -0.377 e. The lowest BCUT2D eigenvalue weighted by molar-refractivity contribution is -0.00161. The van der Waals surface area contributed by atoms with Gasteiger partial charge in [-0.25, -0.2) is 0 Å². The van der Waals surface area contributed by atoms with Crippen molar-refractivity contribution in [3.8, 4) is 0 Å². The van der Waals surface area contributed by atoms with Crippen molar-refractivity contribution >= 4 is 0 Å². The van der Waals surface area contributed by atoms with E-state index < -0.39 is 0 Å². The molecule has 5 atom stereocenters. The maximum Gasteiger partial charge on any atom is 0.0702 e. The molecule has 0 aromatic heterocycles. The lowest BCUT2D eigenvalue weighted by Gasteiger charge is -2.37. The average Bonchev–Trinajstić information content (AvgIpc) is 2.94. The van der Waals surface area contributed by atoms with Crippen molar-refractivity contribution in [2.45, 2.75) is 51.2 Å². The maximum absolute atomic E-state index is 6.42. The molecule has 2 N–H and O–H groups in total. The summed E-state index contributed by atoms with van der Waals surface area (Å²) in [7, 11) is 0. The van der Waals surface area contributed by atoms with E-state index in [1.807, 2.05) is 0 Å². The Balaban J connectivity index is 1.53. The number of fused-ring (bicyclic) bond motifs is 2. The SMILES string of the molecule is CCOC1CCCN(CC2C3CCC(C3)C2N)C1. The third-order valence-electron chi connectivity index (χ3n) is 5.49. The van der Waals surface area contributed by atoms with Crippen LogP contribution in [-0.2, 0) is 4.74 Å². The highest BCUT2D eigenvalue weighted by Crippen LogP contribution is 2.47. The fourth-order valence-electron chi connectivity index (χ4n) is 4.57. The second kappa shape index (κ2) is 5.48. The highest BCUT2D eigenvalue weighted by molar-refractivity contribution is 5.00. The van der Waals surface area contributed by atoms with Gasteiger partial charge in [-0.05, 0) is 63.3 Å². The van der Waals surface area contributed by atoms with Crippen LogP contribution in [0.3, 0.4) is 0 Å². The van der Waals surface area contributed by atoms with Crippen LogP contribution in [0.4, 0.5) is 0 Å². The molecule has 5 unspecified atom stereocenters. The second-order valence-corrected chi connectivity index (χ2v) is 6.55. The van der Waals surface area contributed by atoms with Crippen molar-refractivity contribution in [3.63, 3.8) is 0 Å². The van der Waals surface area contributed by atoms with Crippen LogP contribution in [-0.4, -0.2) is 43.3 Å².